The second-order valence-electron chi connectivity index (χ2n) is 5.54. The number of carbonyl (C=O) groups excluding carboxylic acids is 1. The molecule has 2 unspecified atom stereocenters. The first-order valence-electron chi connectivity index (χ1n) is 6.08. The number of rotatable bonds is 2. The molecule has 0 radical (unpaired) electrons. The van der Waals surface area contributed by atoms with Gasteiger partial charge in [-0.25, -0.2) is 0 Å². The summed E-state index contributed by atoms with van der Waals surface area (Å²) >= 11 is 2.20. The van der Waals surface area contributed by atoms with Crippen LogP contribution in [-0.4, -0.2) is 23.2 Å². The van der Waals surface area contributed by atoms with E-state index >= 15 is 0 Å². The van der Waals surface area contributed by atoms with Gasteiger partial charge in [-0.2, -0.15) is 0 Å². The number of aliphatic hydroxyl groups is 1. The van der Waals surface area contributed by atoms with Gasteiger partial charge in [-0.3, -0.25) is 4.79 Å². The lowest BCUT2D eigenvalue weighted by Gasteiger charge is -2.49. The molecule has 0 heterocycles. The molecule has 3 nitrogen and oxygen atoms in total. The average Bonchev–Trinajstić information content (AvgIpc) is 2.32. The van der Waals surface area contributed by atoms with Crippen LogP contribution in [-0.2, 0) is 0 Å². The monoisotopic (exact) mass is 359 g/mol. The van der Waals surface area contributed by atoms with Crippen molar-refractivity contribution in [2.45, 2.75) is 39.3 Å². The zero-order chi connectivity index (χ0) is 13.5. The van der Waals surface area contributed by atoms with Gasteiger partial charge in [-0.05, 0) is 47.6 Å². The van der Waals surface area contributed by atoms with E-state index < -0.39 is 0 Å². The Balaban J connectivity index is 2.12. The van der Waals surface area contributed by atoms with Crippen LogP contribution in [0.4, 0.5) is 0 Å². The number of hydrogen-bond donors (Lipinski definition) is 2. The van der Waals surface area contributed by atoms with E-state index in [1.807, 2.05) is 39.0 Å². The number of hydrogen-bond acceptors (Lipinski definition) is 2. The summed E-state index contributed by atoms with van der Waals surface area (Å²) < 4.78 is 0.991. The third-order valence-corrected chi connectivity index (χ3v) is 5.39. The molecule has 1 amide bonds. The molecule has 1 aromatic rings. The van der Waals surface area contributed by atoms with E-state index in [0.29, 0.717) is 12.0 Å². The molecule has 1 aliphatic rings. The number of aryl methyl sites for hydroxylation is 1. The van der Waals surface area contributed by atoms with Gasteiger partial charge in [0.05, 0.1) is 11.7 Å². The Morgan fingerprint density at radius 2 is 2.17 bits per heavy atom. The van der Waals surface area contributed by atoms with Crippen LogP contribution in [0.3, 0.4) is 0 Å². The number of halogens is 1. The maximum Gasteiger partial charge on any atom is 0.252 e. The fourth-order valence-electron chi connectivity index (χ4n) is 2.21. The molecule has 2 N–H and O–H groups in total. The van der Waals surface area contributed by atoms with Gasteiger partial charge >= 0.3 is 0 Å². The lowest BCUT2D eigenvalue weighted by molar-refractivity contribution is -0.0689. The molecule has 18 heavy (non-hydrogen) atoms. The zero-order valence-electron chi connectivity index (χ0n) is 10.8. The molecule has 2 rings (SSSR count). The minimum Gasteiger partial charge on any atom is -0.392 e. The quantitative estimate of drug-likeness (QED) is 0.798. The number of nitrogens with one attached hydrogen (secondary N) is 1. The Morgan fingerprint density at radius 3 is 2.72 bits per heavy atom. The van der Waals surface area contributed by atoms with Gasteiger partial charge < -0.3 is 10.4 Å². The Bertz CT molecular complexity index is 485. The fraction of sp³-hybridized carbons (Fsp3) is 0.500. The van der Waals surface area contributed by atoms with Crippen LogP contribution in [0.15, 0.2) is 18.2 Å². The average molecular weight is 359 g/mol. The molecule has 0 spiro atoms. The topological polar surface area (TPSA) is 49.3 Å². The molecule has 98 valence electrons. The van der Waals surface area contributed by atoms with E-state index in [1.165, 1.54) is 0 Å². The van der Waals surface area contributed by atoms with Gasteiger partial charge in [-0.15, -0.1) is 0 Å². The second kappa shape index (κ2) is 4.81. The fourth-order valence-corrected chi connectivity index (χ4v) is 2.81. The molecule has 1 aromatic carbocycles. The molecule has 0 bridgehead atoms. The minimum atomic E-state index is -0.320. The summed E-state index contributed by atoms with van der Waals surface area (Å²) in [6.45, 7) is 5.95. The van der Waals surface area contributed by atoms with E-state index in [2.05, 4.69) is 27.9 Å². The van der Waals surface area contributed by atoms with Crippen molar-refractivity contribution in [3.63, 3.8) is 0 Å². The predicted octanol–water partition coefficient (Wildman–Crippen LogP) is 2.49. The van der Waals surface area contributed by atoms with Crippen LogP contribution >= 0.6 is 22.6 Å². The van der Waals surface area contributed by atoms with Crippen molar-refractivity contribution in [1.29, 1.82) is 0 Å². The van der Waals surface area contributed by atoms with Crippen LogP contribution in [0.25, 0.3) is 0 Å². The van der Waals surface area contributed by atoms with Crippen molar-refractivity contribution in [2.75, 3.05) is 0 Å². The van der Waals surface area contributed by atoms with Crippen molar-refractivity contribution in [1.82, 2.24) is 5.32 Å². The van der Waals surface area contributed by atoms with Gasteiger partial charge in [-0.1, -0.05) is 26.0 Å². The maximum atomic E-state index is 12.2. The molecular weight excluding hydrogens is 341 g/mol. The van der Waals surface area contributed by atoms with Crippen LogP contribution in [0.5, 0.6) is 0 Å². The smallest absolute Gasteiger partial charge is 0.252 e. The molecule has 1 saturated carbocycles. The van der Waals surface area contributed by atoms with E-state index in [4.69, 9.17) is 0 Å². The van der Waals surface area contributed by atoms with Crippen molar-refractivity contribution < 1.29 is 9.90 Å². The molecule has 0 aromatic heterocycles. The molecule has 0 saturated heterocycles. The Hall–Kier alpha value is -0.620. The summed E-state index contributed by atoms with van der Waals surface area (Å²) in [6, 6.07) is 5.78. The largest absolute Gasteiger partial charge is 0.392 e. The normalized spacial score (nSPS) is 25.4. The highest BCUT2D eigenvalue weighted by atomic mass is 127. The maximum absolute atomic E-state index is 12.2. The first-order chi connectivity index (χ1) is 8.34. The summed E-state index contributed by atoms with van der Waals surface area (Å²) in [6.07, 6.45) is 0.320. The van der Waals surface area contributed by atoms with E-state index in [1.54, 1.807) is 0 Å². The van der Waals surface area contributed by atoms with Gasteiger partial charge in [0, 0.05) is 15.0 Å². The minimum absolute atomic E-state index is 0.0481. The number of amides is 1. The summed E-state index contributed by atoms with van der Waals surface area (Å²) in [5.41, 5.74) is 1.59. The van der Waals surface area contributed by atoms with Gasteiger partial charge in [0.15, 0.2) is 0 Å². The first kappa shape index (κ1) is 13.8. The molecule has 4 heteroatoms. The van der Waals surface area contributed by atoms with Crippen LogP contribution in [0, 0.1) is 15.9 Å². The molecule has 0 aliphatic heterocycles. The standard InChI is InChI=1S/C14H18INO2/c1-8-5-4-6-9(12(8)15)13(18)16-10-7-11(17)14(10,2)3/h4-6,10-11,17H,7H2,1-3H3,(H,16,18). The van der Waals surface area contributed by atoms with Gasteiger partial charge in [0.2, 0.25) is 0 Å². The van der Waals surface area contributed by atoms with Crippen molar-refractivity contribution in [3.8, 4) is 0 Å². The third-order valence-electron chi connectivity index (χ3n) is 3.96. The molecule has 2 atom stereocenters. The van der Waals surface area contributed by atoms with Crippen LogP contribution in [0.2, 0.25) is 0 Å². The van der Waals surface area contributed by atoms with Crippen molar-refractivity contribution >= 4 is 28.5 Å². The van der Waals surface area contributed by atoms with Crippen molar-refractivity contribution in [3.05, 3.63) is 32.9 Å². The molecule has 1 fully saturated rings. The third kappa shape index (κ3) is 2.28. The van der Waals surface area contributed by atoms with Crippen molar-refractivity contribution in [2.24, 2.45) is 5.41 Å². The summed E-state index contributed by atoms with van der Waals surface area (Å²) in [5, 5.41) is 12.7. The Labute approximate surface area is 121 Å². The van der Waals surface area contributed by atoms with E-state index in [9.17, 15) is 9.90 Å². The first-order valence-corrected chi connectivity index (χ1v) is 7.16. The highest BCUT2D eigenvalue weighted by Gasteiger charge is 2.48. The Morgan fingerprint density at radius 1 is 1.50 bits per heavy atom. The van der Waals surface area contributed by atoms with Gasteiger partial charge in [0.25, 0.3) is 5.91 Å². The number of carbonyl (C=O) groups is 1. The van der Waals surface area contributed by atoms with E-state index in [0.717, 1.165) is 9.13 Å². The molecular formula is C14H18INO2. The van der Waals surface area contributed by atoms with Crippen LogP contribution in [0.1, 0.15) is 36.2 Å². The summed E-state index contributed by atoms with van der Waals surface area (Å²) in [7, 11) is 0. The van der Waals surface area contributed by atoms with E-state index in [-0.39, 0.29) is 23.5 Å². The van der Waals surface area contributed by atoms with Crippen LogP contribution < -0.4 is 5.32 Å². The van der Waals surface area contributed by atoms with Gasteiger partial charge in [0.1, 0.15) is 0 Å². The highest BCUT2D eigenvalue weighted by Crippen LogP contribution is 2.40. The lowest BCUT2D eigenvalue weighted by atomic mass is 9.64. The zero-order valence-corrected chi connectivity index (χ0v) is 13.0. The SMILES string of the molecule is Cc1cccc(C(=O)NC2CC(O)C2(C)C)c1I. The summed E-state index contributed by atoms with van der Waals surface area (Å²) in [5.74, 6) is -0.0481. The Kier molecular flexibility index (Phi) is 3.69. The highest BCUT2D eigenvalue weighted by molar-refractivity contribution is 14.1. The second-order valence-corrected chi connectivity index (χ2v) is 6.61. The molecule has 1 aliphatic carbocycles. The predicted molar refractivity (Wildman–Crippen MR) is 79.6 cm³/mol. The lowest BCUT2D eigenvalue weighted by Crippen LogP contribution is -2.61. The number of benzene rings is 1. The number of aliphatic hydroxyl groups excluding tert-OH is 1. The summed E-state index contributed by atoms with van der Waals surface area (Å²) in [4.78, 5) is 12.2.